The maximum atomic E-state index is 13.0. The number of hydrogen-bond acceptors (Lipinski definition) is 3. The second kappa shape index (κ2) is 5.71. The van der Waals surface area contributed by atoms with Gasteiger partial charge in [0.1, 0.15) is 31.4 Å². The molecule has 1 heterocycles. The van der Waals surface area contributed by atoms with Gasteiger partial charge in [0, 0.05) is 16.1 Å². The Kier molecular flexibility index (Phi) is 3.78. The van der Waals surface area contributed by atoms with Gasteiger partial charge in [0.2, 0.25) is 0 Å². The molecule has 3 rings (SSSR count). The number of fused-ring (bicyclic) bond motifs is 1. The van der Waals surface area contributed by atoms with E-state index in [1.807, 2.05) is 12.1 Å². The lowest BCUT2D eigenvalue weighted by molar-refractivity contribution is 0.170. The Morgan fingerprint density at radius 2 is 1.85 bits per heavy atom. The zero-order valence-electron chi connectivity index (χ0n) is 10.6. The van der Waals surface area contributed by atoms with Crippen LogP contribution in [0.5, 0.6) is 17.2 Å². The smallest absolute Gasteiger partial charge is 0.165 e. The Labute approximate surface area is 124 Å². The minimum Gasteiger partial charge on any atom is -0.489 e. The molecule has 1 aliphatic rings. The van der Waals surface area contributed by atoms with Gasteiger partial charge in [-0.15, -0.1) is 0 Å². The van der Waals surface area contributed by atoms with Crippen LogP contribution in [0.3, 0.4) is 0 Å². The van der Waals surface area contributed by atoms with Crippen LogP contribution in [0, 0.1) is 5.82 Å². The lowest BCUT2D eigenvalue weighted by Crippen LogP contribution is -2.15. The van der Waals surface area contributed by atoms with E-state index in [1.165, 1.54) is 12.1 Å². The average Bonchev–Trinajstić information content (AvgIpc) is 2.46. The van der Waals surface area contributed by atoms with E-state index >= 15 is 0 Å². The number of benzene rings is 2. The van der Waals surface area contributed by atoms with Crippen LogP contribution >= 0.6 is 15.9 Å². The van der Waals surface area contributed by atoms with Crippen molar-refractivity contribution in [1.82, 2.24) is 0 Å². The fraction of sp³-hybridized carbons (Fsp3) is 0.200. The largest absolute Gasteiger partial charge is 0.489 e. The van der Waals surface area contributed by atoms with E-state index in [0.717, 1.165) is 11.3 Å². The molecule has 0 atom stereocenters. The molecule has 0 spiro atoms. The third-order valence-corrected chi connectivity index (χ3v) is 3.66. The fourth-order valence-corrected chi connectivity index (χ4v) is 2.38. The second-order valence-electron chi connectivity index (χ2n) is 4.33. The molecule has 0 amide bonds. The standard InChI is InChI=1S/C15H12BrFO3/c16-13-7-11(17)2-1-10(13)9-20-12-3-4-14-15(8-12)19-6-5-18-14/h1-4,7-8H,5-6,9H2. The van der Waals surface area contributed by atoms with E-state index in [4.69, 9.17) is 14.2 Å². The Bertz CT molecular complexity index is 631. The van der Waals surface area contributed by atoms with Gasteiger partial charge in [0.05, 0.1) is 0 Å². The molecule has 0 bridgehead atoms. The Balaban J connectivity index is 1.72. The lowest BCUT2D eigenvalue weighted by atomic mass is 10.2. The summed E-state index contributed by atoms with van der Waals surface area (Å²) < 4.78 is 30.3. The van der Waals surface area contributed by atoms with E-state index in [0.29, 0.717) is 35.8 Å². The number of ether oxygens (including phenoxy) is 3. The SMILES string of the molecule is Fc1ccc(COc2ccc3c(c2)OCCO3)c(Br)c1. The van der Waals surface area contributed by atoms with Crippen LogP contribution in [-0.4, -0.2) is 13.2 Å². The molecule has 20 heavy (non-hydrogen) atoms. The van der Waals surface area contributed by atoms with E-state index in [9.17, 15) is 4.39 Å². The van der Waals surface area contributed by atoms with Gasteiger partial charge < -0.3 is 14.2 Å². The van der Waals surface area contributed by atoms with Crippen molar-refractivity contribution in [2.45, 2.75) is 6.61 Å². The van der Waals surface area contributed by atoms with Crippen LogP contribution in [0.4, 0.5) is 4.39 Å². The molecule has 0 N–H and O–H groups in total. The van der Waals surface area contributed by atoms with Crippen molar-refractivity contribution in [2.75, 3.05) is 13.2 Å². The summed E-state index contributed by atoms with van der Waals surface area (Å²) in [6.45, 7) is 1.45. The summed E-state index contributed by atoms with van der Waals surface area (Å²) in [5.41, 5.74) is 0.876. The van der Waals surface area contributed by atoms with Crippen LogP contribution in [0.2, 0.25) is 0 Å². The van der Waals surface area contributed by atoms with Crippen molar-refractivity contribution in [2.24, 2.45) is 0 Å². The van der Waals surface area contributed by atoms with Gasteiger partial charge in [0.25, 0.3) is 0 Å². The summed E-state index contributed by atoms with van der Waals surface area (Å²) in [7, 11) is 0. The highest BCUT2D eigenvalue weighted by molar-refractivity contribution is 9.10. The number of rotatable bonds is 3. The quantitative estimate of drug-likeness (QED) is 0.848. The molecule has 2 aromatic carbocycles. The first-order valence-corrected chi connectivity index (χ1v) is 6.98. The van der Waals surface area contributed by atoms with Crippen LogP contribution < -0.4 is 14.2 Å². The summed E-state index contributed by atoms with van der Waals surface area (Å²) in [6.07, 6.45) is 0. The van der Waals surface area contributed by atoms with Crippen molar-refractivity contribution < 1.29 is 18.6 Å². The minimum atomic E-state index is -0.278. The van der Waals surface area contributed by atoms with Crippen LogP contribution in [0.15, 0.2) is 40.9 Å². The monoisotopic (exact) mass is 338 g/mol. The molecular formula is C15H12BrFO3. The maximum Gasteiger partial charge on any atom is 0.165 e. The maximum absolute atomic E-state index is 13.0. The second-order valence-corrected chi connectivity index (χ2v) is 5.18. The first-order valence-electron chi connectivity index (χ1n) is 6.19. The summed E-state index contributed by atoms with van der Waals surface area (Å²) >= 11 is 3.32. The molecule has 1 aliphatic heterocycles. The van der Waals surface area contributed by atoms with Gasteiger partial charge in [-0.25, -0.2) is 4.39 Å². The molecule has 0 fully saturated rings. The Morgan fingerprint density at radius 3 is 2.65 bits per heavy atom. The summed E-state index contributed by atoms with van der Waals surface area (Å²) in [4.78, 5) is 0. The predicted octanol–water partition coefficient (Wildman–Crippen LogP) is 3.94. The van der Waals surface area contributed by atoms with Gasteiger partial charge in [-0.2, -0.15) is 0 Å². The summed E-state index contributed by atoms with van der Waals surface area (Å²) in [6, 6.07) is 9.97. The number of hydrogen-bond donors (Lipinski definition) is 0. The lowest BCUT2D eigenvalue weighted by Gasteiger charge is -2.19. The molecule has 2 aromatic rings. The molecule has 104 valence electrons. The van der Waals surface area contributed by atoms with Gasteiger partial charge in [-0.05, 0) is 24.3 Å². The van der Waals surface area contributed by atoms with Crippen molar-refractivity contribution in [3.63, 3.8) is 0 Å². The normalized spacial score (nSPS) is 13.1. The molecule has 0 radical (unpaired) electrons. The molecule has 0 aromatic heterocycles. The van der Waals surface area contributed by atoms with Gasteiger partial charge in [0.15, 0.2) is 11.5 Å². The highest BCUT2D eigenvalue weighted by atomic mass is 79.9. The summed E-state index contributed by atoms with van der Waals surface area (Å²) in [5.74, 6) is 1.82. The Hall–Kier alpha value is -1.75. The third-order valence-electron chi connectivity index (χ3n) is 2.92. The molecule has 3 nitrogen and oxygen atoms in total. The molecular weight excluding hydrogens is 327 g/mol. The molecule has 5 heteroatoms. The van der Waals surface area contributed by atoms with E-state index in [-0.39, 0.29) is 5.82 Å². The molecule has 0 unspecified atom stereocenters. The van der Waals surface area contributed by atoms with Gasteiger partial charge in [-0.1, -0.05) is 22.0 Å². The van der Waals surface area contributed by atoms with E-state index in [2.05, 4.69) is 15.9 Å². The van der Waals surface area contributed by atoms with Crippen LogP contribution in [0.1, 0.15) is 5.56 Å². The highest BCUT2D eigenvalue weighted by Crippen LogP contribution is 2.34. The fourth-order valence-electron chi connectivity index (χ4n) is 1.91. The average molecular weight is 339 g/mol. The highest BCUT2D eigenvalue weighted by Gasteiger charge is 2.12. The first kappa shape index (κ1) is 13.2. The van der Waals surface area contributed by atoms with E-state index in [1.54, 1.807) is 12.1 Å². The zero-order chi connectivity index (χ0) is 13.9. The van der Waals surface area contributed by atoms with Crippen molar-refractivity contribution in [1.29, 1.82) is 0 Å². The zero-order valence-corrected chi connectivity index (χ0v) is 12.2. The van der Waals surface area contributed by atoms with Crippen molar-refractivity contribution in [3.8, 4) is 17.2 Å². The minimum absolute atomic E-state index is 0.278. The topological polar surface area (TPSA) is 27.7 Å². The molecule has 0 saturated heterocycles. The van der Waals surface area contributed by atoms with E-state index < -0.39 is 0 Å². The van der Waals surface area contributed by atoms with Gasteiger partial charge in [-0.3, -0.25) is 0 Å². The van der Waals surface area contributed by atoms with Crippen LogP contribution in [-0.2, 0) is 6.61 Å². The van der Waals surface area contributed by atoms with Crippen molar-refractivity contribution in [3.05, 3.63) is 52.3 Å². The molecule has 0 saturated carbocycles. The van der Waals surface area contributed by atoms with Gasteiger partial charge >= 0.3 is 0 Å². The number of halogens is 2. The van der Waals surface area contributed by atoms with Crippen molar-refractivity contribution >= 4 is 15.9 Å². The first-order chi connectivity index (χ1) is 9.72. The molecule has 0 aliphatic carbocycles. The predicted molar refractivity (Wildman–Crippen MR) is 75.9 cm³/mol. The summed E-state index contributed by atoms with van der Waals surface area (Å²) in [5, 5.41) is 0. The van der Waals surface area contributed by atoms with Crippen LogP contribution in [0.25, 0.3) is 0 Å². The third kappa shape index (κ3) is 2.88. The Morgan fingerprint density at radius 1 is 1.05 bits per heavy atom.